The summed E-state index contributed by atoms with van der Waals surface area (Å²) >= 11 is 0. The van der Waals surface area contributed by atoms with Crippen LogP contribution in [0.2, 0.25) is 0 Å². The standard InChI is InChI=1S/C10H20N2O3/c1-4-11-9(13)6-7-12-8(3)10(14)15-5-2/h8,12H,4-7H2,1-3H3,(H,11,13). The number of ether oxygens (including phenoxy) is 1. The Morgan fingerprint density at radius 1 is 1.33 bits per heavy atom. The van der Waals surface area contributed by atoms with Crippen LogP contribution in [0.1, 0.15) is 27.2 Å². The van der Waals surface area contributed by atoms with Crippen LogP contribution in [0, 0.1) is 0 Å². The van der Waals surface area contributed by atoms with Gasteiger partial charge in [0.25, 0.3) is 0 Å². The van der Waals surface area contributed by atoms with E-state index in [4.69, 9.17) is 4.74 Å². The number of nitrogens with one attached hydrogen (secondary N) is 2. The molecule has 0 rings (SSSR count). The van der Waals surface area contributed by atoms with Crippen LogP contribution < -0.4 is 10.6 Å². The van der Waals surface area contributed by atoms with Gasteiger partial charge in [-0.2, -0.15) is 0 Å². The van der Waals surface area contributed by atoms with Gasteiger partial charge in [0.2, 0.25) is 5.91 Å². The zero-order valence-corrected chi connectivity index (χ0v) is 9.63. The molecule has 1 atom stereocenters. The Balaban J connectivity index is 3.58. The first-order chi connectivity index (χ1) is 7.11. The normalized spacial score (nSPS) is 11.9. The van der Waals surface area contributed by atoms with Gasteiger partial charge in [0.15, 0.2) is 0 Å². The molecule has 0 saturated carbocycles. The van der Waals surface area contributed by atoms with E-state index in [0.717, 1.165) is 0 Å². The summed E-state index contributed by atoms with van der Waals surface area (Å²) in [6.45, 7) is 6.83. The molecule has 1 unspecified atom stereocenters. The highest BCUT2D eigenvalue weighted by molar-refractivity contribution is 5.77. The van der Waals surface area contributed by atoms with E-state index in [2.05, 4.69) is 10.6 Å². The molecule has 0 aromatic rings. The quantitative estimate of drug-likeness (QED) is 0.590. The van der Waals surface area contributed by atoms with E-state index in [9.17, 15) is 9.59 Å². The van der Waals surface area contributed by atoms with Crippen molar-refractivity contribution in [3.8, 4) is 0 Å². The van der Waals surface area contributed by atoms with Crippen molar-refractivity contribution in [3.05, 3.63) is 0 Å². The topological polar surface area (TPSA) is 67.4 Å². The molecule has 5 heteroatoms. The van der Waals surface area contributed by atoms with Crippen LogP contribution in [-0.4, -0.2) is 37.6 Å². The molecule has 0 aliphatic rings. The first kappa shape index (κ1) is 13.9. The Bertz CT molecular complexity index is 207. The third kappa shape index (κ3) is 6.90. The van der Waals surface area contributed by atoms with Crippen LogP contribution in [-0.2, 0) is 14.3 Å². The third-order valence-corrected chi connectivity index (χ3v) is 1.82. The van der Waals surface area contributed by atoms with Crippen molar-refractivity contribution < 1.29 is 14.3 Å². The van der Waals surface area contributed by atoms with Crippen molar-refractivity contribution in [2.45, 2.75) is 33.2 Å². The molecule has 0 heterocycles. The summed E-state index contributed by atoms with van der Waals surface area (Å²) in [7, 11) is 0. The fraction of sp³-hybridized carbons (Fsp3) is 0.800. The van der Waals surface area contributed by atoms with Crippen LogP contribution in [0.5, 0.6) is 0 Å². The fourth-order valence-electron chi connectivity index (χ4n) is 1.04. The van der Waals surface area contributed by atoms with E-state index in [1.807, 2.05) is 6.92 Å². The van der Waals surface area contributed by atoms with Gasteiger partial charge in [-0.05, 0) is 20.8 Å². The Labute approximate surface area is 90.6 Å². The Hall–Kier alpha value is -1.10. The van der Waals surface area contributed by atoms with E-state index < -0.39 is 0 Å². The average molecular weight is 216 g/mol. The second-order valence-corrected chi connectivity index (χ2v) is 3.13. The summed E-state index contributed by atoms with van der Waals surface area (Å²) in [6, 6.07) is -0.362. The molecule has 0 aromatic heterocycles. The van der Waals surface area contributed by atoms with E-state index in [1.165, 1.54) is 0 Å². The lowest BCUT2D eigenvalue weighted by Gasteiger charge is -2.11. The van der Waals surface area contributed by atoms with Gasteiger partial charge < -0.3 is 15.4 Å². The third-order valence-electron chi connectivity index (χ3n) is 1.82. The van der Waals surface area contributed by atoms with Gasteiger partial charge in [0.1, 0.15) is 6.04 Å². The number of carbonyl (C=O) groups is 2. The van der Waals surface area contributed by atoms with E-state index in [0.29, 0.717) is 26.1 Å². The monoisotopic (exact) mass is 216 g/mol. The minimum Gasteiger partial charge on any atom is -0.465 e. The molecule has 0 aliphatic carbocycles. The summed E-state index contributed by atoms with van der Waals surface area (Å²) in [6.07, 6.45) is 0.373. The number of esters is 1. The predicted octanol–water partition coefficient (Wildman–Crippen LogP) is 0.0538. The van der Waals surface area contributed by atoms with Crippen molar-refractivity contribution in [2.75, 3.05) is 19.7 Å². The molecule has 0 aromatic carbocycles. The van der Waals surface area contributed by atoms with Gasteiger partial charge >= 0.3 is 5.97 Å². The van der Waals surface area contributed by atoms with Gasteiger partial charge in [-0.15, -0.1) is 0 Å². The highest BCUT2D eigenvalue weighted by Gasteiger charge is 2.12. The second-order valence-electron chi connectivity index (χ2n) is 3.13. The first-order valence-corrected chi connectivity index (χ1v) is 5.28. The number of rotatable bonds is 7. The molecule has 15 heavy (non-hydrogen) atoms. The summed E-state index contributed by atoms with van der Waals surface area (Å²) in [5, 5.41) is 5.60. The van der Waals surface area contributed by atoms with Gasteiger partial charge in [0, 0.05) is 19.5 Å². The summed E-state index contributed by atoms with van der Waals surface area (Å²) in [4.78, 5) is 22.2. The molecule has 1 amide bonds. The van der Waals surface area contributed by atoms with Gasteiger partial charge in [0.05, 0.1) is 6.61 Å². The van der Waals surface area contributed by atoms with E-state index >= 15 is 0 Å². The van der Waals surface area contributed by atoms with Gasteiger partial charge in [-0.1, -0.05) is 0 Å². The lowest BCUT2D eigenvalue weighted by Crippen LogP contribution is -2.37. The van der Waals surface area contributed by atoms with Crippen molar-refractivity contribution in [1.29, 1.82) is 0 Å². The lowest BCUT2D eigenvalue weighted by atomic mass is 10.3. The lowest BCUT2D eigenvalue weighted by molar-refractivity contribution is -0.145. The van der Waals surface area contributed by atoms with Crippen LogP contribution >= 0.6 is 0 Å². The molecular weight excluding hydrogens is 196 g/mol. The zero-order valence-electron chi connectivity index (χ0n) is 9.63. The maximum atomic E-state index is 11.2. The summed E-state index contributed by atoms with van der Waals surface area (Å²) in [5.41, 5.74) is 0. The Morgan fingerprint density at radius 3 is 2.53 bits per heavy atom. The number of carbonyl (C=O) groups excluding carboxylic acids is 2. The summed E-state index contributed by atoms with van der Waals surface area (Å²) < 4.78 is 4.81. The zero-order chi connectivity index (χ0) is 11.7. The first-order valence-electron chi connectivity index (χ1n) is 5.28. The van der Waals surface area contributed by atoms with Crippen LogP contribution in [0.3, 0.4) is 0 Å². The van der Waals surface area contributed by atoms with Crippen molar-refractivity contribution in [2.24, 2.45) is 0 Å². The number of amides is 1. The second kappa shape index (κ2) is 8.23. The van der Waals surface area contributed by atoms with Crippen LogP contribution in [0.15, 0.2) is 0 Å². The smallest absolute Gasteiger partial charge is 0.322 e. The van der Waals surface area contributed by atoms with E-state index in [1.54, 1.807) is 13.8 Å². The number of hydrogen-bond acceptors (Lipinski definition) is 4. The average Bonchev–Trinajstić information content (AvgIpc) is 2.18. The molecule has 0 bridgehead atoms. The minimum atomic E-state index is -0.362. The fourth-order valence-corrected chi connectivity index (χ4v) is 1.04. The van der Waals surface area contributed by atoms with Gasteiger partial charge in [-0.25, -0.2) is 0 Å². The highest BCUT2D eigenvalue weighted by atomic mass is 16.5. The largest absolute Gasteiger partial charge is 0.465 e. The van der Waals surface area contributed by atoms with Crippen molar-refractivity contribution in [1.82, 2.24) is 10.6 Å². The van der Waals surface area contributed by atoms with Crippen molar-refractivity contribution in [3.63, 3.8) is 0 Å². The van der Waals surface area contributed by atoms with Crippen molar-refractivity contribution >= 4 is 11.9 Å². The Morgan fingerprint density at radius 2 is 2.00 bits per heavy atom. The minimum absolute atomic E-state index is 0.0129. The van der Waals surface area contributed by atoms with Crippen LogP contribution in [0.25, 0.3) is 0 Å². The molecule has 88 valence electrons. The summed E-state index contributed by atoms with van der Waals surface area (Å²) in [5.74, 6) is -0.297. The molecule has 0 spiro atoms. The molecule has 2 N–H and O–H groups in total. The molecule has 0 saturated heterocycles. The van der Waals surface area contributed by atoms with Gasteiger partial charge in [-0.3, -0.25) is 9.59 Å². The maximum absolute atomic E-state index is 11.2. The Kier molecular flexibility index (Phi) is 7.62. The maximum Gasteiger partial charge on any atom is 0.322 e. The molecule has 0 aliphatic heterocycles. The van der Waals surface area contributed by atoms with Crippen LogP contribution in [0.4, 0.5) is 0 Å². The molecular formula is C10H20N2O3. The molecule has 0 fully saturated rings. The number of hydrogen-bond donors (Lipinski definition) is 2. The highest BCUT2D eigenvalue weighted by Crippen LogP contribution is 1.88. The SMILES string of the molecule is CCNC(=O)CCNC(C)C(=O)OCC. The molecule has 0 radical (unpaired) electrons. The predicted molar refractivity (Wildman–Crippen MR) is 57.4 cm³/mol. The van der Waals surface area contributed by atoms with E-state index in [-0.39, 0.29) is 17.9 Å². The molecule has 5 nitrogen and oxygen atoms in total.